The first-order chi connectivity index (χ1) is 33.9. The molecule has 2 aliphatic heterocycles. The van der Waals surface area contributed by atoms with E-state index in [2.05, 4.69) is 63.8 Å². The number of nitrogens with one attached hydrogen (secondary N) is 2. The van der Waals surface area contributed by atoms with Crippen molar-refractivity contribution in [3.8, 4) is 0 Å². The molecular weight excluding hydrogens is 966 g/mol. The van der Waals surface area contributed by atoms with Crippen molar-refractivity contribution in [2.24, 2.45) is 25.6 Å². The van der Waals surface area contributed by atoms with Gasteiger partial charge in [0.05, 0.1) is 36.4 Å². The number of imidazole rings is 2. The van der Waals surface area contributed by atoms with Gasteiger partial charge in [0.15, 0.2) is 0 Å². The van der Waals surface area contributed by atoms with Crippen LogP contribution < -0.4 is 22.1 Å². The van der Waals surface area contributed by atoms with Crippen LogP contribution in [0, 0.1) is 0 Å². The van der Waals surface area contributed by atoms with Crippen molar-refractivity contribution in [2.75, 3.05) is 10.6 Å². The van der Waals surface area contributed by atoms with E-state index in [9.17, 15) is 0 Å². The average molecular weight is 1010 g/mol. The van der Waals surface area contributed by atoms with Crippen LogP contribution in [0.3, 0.4) is 0 Å². The molecule has 0 saturated heterocycles. The van der Waals surface area contributed by atoms with Gasteiger partial charge in [-0.2, -0.15) is 9.36 Å². The Morgan fingerprint density at radius 1 is 0.486 bits per heavy atom. The fourth-order valence-corrected chi connectivity index (χ4v) is 10.2. The van der Waals surface area contributed by atoms with Crippen molar-refractivity contribution in [2.45, 2.75) is 23.2 Å². The highest BCUT2D eigenvalue weighted by molar-refractivity contribution is 6.31. The number of nitrogens with zero attached hydrogens (tertiary/aromatic N) is 12. The van der Waals surface area contributed by atoms with E-state index in [4.69, 9.17) is 57.9 Å². The van der Waals surface area contributed by atoms with Crippen molar-refractivity contribution in [1.82, 2.24) is 59.5 Å². The Bertz CT molecular complexity index is 3320. The molecule has 12 rings (SSSR count). The van der Waals surface area contributed by atoms with E-state index in [1.165, 1.54) is 0 Å². The second-order valence-corrected chi connectivity index (χ2v) is 18.8. The van der Waals surface area contributed by atoms with Crippen LogP contribution in [-0.4, -0.2) is 59.5 Å². The van der Waals surface area contributed by atoms with Gasteiger partial charge in [-0.1, -0.05) is 117 Å². The fourth-order valence-electron chi connectivity index (χ4n) is 9.52. The molecule has 6 heterocycles. The molecule has 10 aromatic rings. The van der Waals surface area contributed by atoms with Crippen LogP contribution in [0.2, 0.25) is 20.1 Å². The molecule has 0 fully saturated rings. The lowest BCUT2D eigenvalue weighted by molar-refractivity contribution is 0.563. The minimum absolute atomic E-state index is 0.295. The molecule has 0 radical (unpaired) electrons. The minimum atomic E-state index is -0.995. The Kier molecular flexibility index (Phi) is 11.5. The molecule has 20 heteroatoms. The summed E-state index contributed by atoms with van der Waals surface area (Å²) in [7, 11) is 3.86. The van der Waals surface area contributed by atoms with Crippen LogP contribution in [0.5, 0.6) is 0 Å². The standard InChI is InChI=1S/2C25H20Cl2N8/c2*1-34-14-29-13-22(34)25(28,16-5-8-18(26)9-6-16)17-7-10-21-20(12-17)23(15-3-2-4-19(27)11-15)35-24(30-21)31-32-33-35/h2*2-14,23H,28H2,1H3,(H,30,31,33)/t2*23?,25-/m11/s1. The quantitative estimate of drug-likeness (QED) is 0.113. The smallest absolute Gasteiger partial charge is 0.248 e. The Morgan fingerprint density at radius 2 is 0.886 bits per heavy atom. The molecule has 2 aliphatic rings. The summed E-state index contributed by atoms with van der Waals surface area (Å²) in [5.41, 5.74) is 23.4. The summed E-state index contributed by atoms with van der Waals surface area (Å²) in [5.74, 6) is 1.11. The zero-order valence-electron chi connectivity index (χ0n) is 37.2. The van der Waals surface area contributed by atoms with E-state index < -0.39 is 11.1 Å². The van der Waals surface area contributed by atoms with Gasteiger partial charge in [-0.05, 0) is 127 Å². The van der Waals surface area contributed by atoms with Crippen LogP contribution in [0.15, 0.2) is 159 Å². The average Bonchev–Trinajstić information content (AvgIpc) is 4.21. The van der Waals surface area contributed by atoms with E-state index in [1.807, 2.05) is 145 Å². The third-order valence-electron chi connectivity index (χ3n) is 12.9. The van der Waals surface area contributed by atoms with Gasteiger partial charge in [-0.25, -0.2) is 9.97 Å². The lowest BCUT2D eigenvalue weighted by Crippen LogP contribution is -2.41. The second kappa shape index (κ2) is 17.8. The Labute approximate surface area is 420 Å². The summed E-state index contributed by atoms with van der Waals surface area (Å²) in [6, 6.07) is 42.2. The number of rotatable bonds is 8. The molecule has 6 N–H and O–H groups in total. The van der Waals surface area contributed by atoms with Crippen LogP contribution in [0.1, 0.15) is 68.0 Å². The molecule has 0 amide bonds. The van der Waals surface area contributed by atoms with Gasteiger partial charge in [0.2, 0.25) is 11.9 Å². The highest BCUT2D eigenvalue weighted by atomic mass is 35.5. The van der Waals surface area contributed by atoms with E-state index in [0.29, 0.717) is 32.0 Å². The highest BCUT2D eigenvalue weighted by Crippen LogP contribution is 2.45. The number of fused-ring (bicyclic) bond motifs is 4. The maximum atomic E-state index is 7.28. The van der Waals surface area contributed by atoms with E-state index in [0.717, 1.165) is 67.3 Å². The largest absolute Gasteiger partial charge is 0.336 e. The van der Waals surface area contributed by atoms with Gasteiger partial charge in [0.25, 0.3) is 0 Å². The first-order valence-corrected chi connectivity index (χ1v) is 23.3. The molecule has 0 aliphatic carbocycles. The number of benzene rings is 6. The summed E-state index contributed by atoms with van der Waals surface area (Å²) >= 11 is 25.1. The number of aromatic nitrogens is 12. The van der Waals surface area contributed by atoms with Gasteiger partial charge in [0.1, 0.15) is 23.2 Å². The zero-order chi connectivity index (χ0) is 48.3. The van der Waals surface area contributed by atoms with Crippen LogP contribution in [0.4, 0.5) is 23.3 Å². The molecule has 348 valence electrons. The highest BCUT2D eigenvalue weighted by Gasteiger charge is 2.39. The Morgan fingerprint density at radius 3 is 1.26 bits per heavy atom. The number of hydrogen-bond acceptors (Lipinski definition) is 12. The SMILES string of the molecule is Cn1cncc1[C@@](N)(c1ccc(Cl)cc1)c1ccc2c(c1)C(c1cccc(Cl)c1)n1nnnc1N2.Cn1cncc1[C@@](N)(c1ccc(Cl)cc1)c1ccc2c(c1)C(c1cccc(Cl)c1)n1nnnc1N2. The lowest BCUT2D eigenvalue weighted by atomic mass is 9.79. The predicted molar refractivity (Wildman–Crippen MR) is 270 cm³/mol. The van der Waals surface area contributed by atoms with Crippen molar-refractivity contribution < 1.29 is 0 Å². The van der Waals surface area contributed by atoms with Crippen molar-refractivity contribution in [3.05, 3.63) is 234 Å². The topological polar surface area (TPSA) is 199 Å². The third kappa shape index (κ3) is 7.74. The number of nitrogens with two attached hydrogens (primary N) is 2. The monoisotopic (exact) mass is 1000 g/mol. The molecule has 70 heavy (non-hydrogen) atoms. The first-order valence-electron chi connectivity index (χ1n) is 21.8. The molecular formula is C50H40Cl4N16. The van der Waals surface area contributed by atoms with E-state index in [1.54, 1.807) is 34.4 Å². The first kappa shape index (κ1) is 45.0. The third-order valence-corrected chi connectivity index (χ3v) is 13.9. The van der Waals surface area contributed by atoms with E-state index >= 15 is 0 Å². The van der Waals surface area contributed by atoms with Crippen LogP contribution in [0.25, 0.3) is 0 Å². The molecule has 0 saturated carbocycles. The minimum Gasteiger partial charge on any atom is -0.336 e. The molecule has 4 aromatic heterocycles. The number of aryl methyl sites for hydroxylation is 2. The number of anilines is 4. The summed E-state index contributed by atoms with van der Waals surface area (Å²) in [6.45, 7) is 0. The maximum absolute atomic E-state index is 7.28. The van der Waals surface area contributed by atoms with Crippen molar-refractivity contribution >= 4 is 69.7 Å². The molecule has 4 atom stereocenters. The zero-order valence-corrected chi connectivity index (χ0v) is 40.2. The fraction of sp³-hybridized carbons (Fsp3) is 0.120. The van der Waals surface area contributed by atoms with Crippen LogP contribution in [-0.2, 0) is 25.2 Å². The lowest BCUT2D eigenvalue weighted by Gasteiger charge is -2.34. The Balaban J connectivity index is 0.000000152. The summed E-state index contributed by atoms with van der Waals surface area (Å²) < 4.78 is 7.37. The summed E-state index contributed by atoms with van der Waals surface area (Å²) in [5, 5.41) is 33.8. The van der Waals surface area contributed by atoms with Crippen LogP contribution >= 0.6 is 46.4 Å². The molecule has 6 aromatic carbocycles. The second-order valence-electron chi connectivity index (χ2n) is 17.1. The van der Waals surface area contributed by atoms with E-state index in [-0.39, 0.29) is 12.1 Å². The molecule has 0 bridgehead atoms. The van der Waals surface area contributed by atoms with Gasteiger partial charge < -0.3 is 31.2 Å². The Hall–Kier alpha value is -7.44. The predicted octanol–water partition coefficient (Wildman–Crippen LogP) is 9.32. The number of tetrazole rings is 2. The van der Waals surface area contributed by atoms with Crippen molar-refractivity contribution in [3.63, 3.8) is 0 Å². The van der Waals surface area contributed by atoms with Crippen molar-refractivity contribution in [1.29, 1.82) is 0 Å². The van der Waals surface area contributed by atoms with Gasteiger partial charge in [-0.3, -0.25) is 0 Å². The number of hydrogen-bond donors (Lipinski definition) is 4. The molecule has 2 unspecified atom stereocenters. The summed E-state index contributed by atoms with van der Waals surface area (Å²) in [6.07, 6.45) is 7.07. The summed E-state index contributed by atoms with van der Waals surface area (Å²) in [4.78, 5) is 8.68. The van der Waals surface area contributed by atoms with Gasteiger partial charge >= 0.3 is 0 Å². The van der Waals surface area contributed by atoms with Gasteiger partial charge in [0, 0.05) is 56.7 Å². The van der Waals surface area contributed by atoms with Gasteiger partial charge in [-0.15, -0.1) is 0 Å². The number of halogens is 4. The maximum Gasteiger partial charge on any atom is 0.248 e. The molecule has 16 nitrogen and oxygen atoms in total. The molecule has 0 spiro atoms. The normalized spacial score (nSPS) is 16.2.